The highest BCUT2D eigenvalue weighted by atomic mass is 16.1. The molecule has 0 spiro atoms. The van der Waals surface area contributed by atoms with Crippen molar-refractivity contribution in [1.29, 1.82) is 0 Å². The van der Waals surface area contributed by atoms with Crippen LogP contribution in [-0.4, -0.2) is 9.55 Å². The largest absolute Gasteiger partial charge is 0.299 e. The third kappa shape index (κ3) is 1.62. The topological polar surface area (TPSA) is 83.7 Å². The summed E-state index contributed by atoms with van der Waals surface area (Å²) < 4.78 is 1.52. The summed E-state index contributed by atoms with van der Waals surface area (Å²) in [5, 5.41) is 3.99. The highest BCUT2D eigenvalue weighted by molar-refractivity contribution is 5.80. The highest BCUT2D eigenvalue weighted by Gasteiger charge is 2.02. The average molecular weight is 215 g/mol. The fourth-order valence-corrected chi connectivity index (χ4v) is 1.49. The number of aryl methyl sites for hydroxylation is 1. The molecule has 0 unspecified atom stereocenters. The second kappa shape index (κ2) is 4.04. The summed E-state index contributed by atoms with van der Waals surface area (Å²) in [6.45, 7) is 2.46. The van der Waals surface area contributed by atoms with Gasteiger partial charge in [0.05, 0.1) is 17.2 Å². The first kappa shape index (κ1) is 10.2. The monoisotopic (exact) mass is 215 g/mol. The number of azide groups is 1. The number of hydrogen-bond donors (Lipinski definition) is 0. The molecular formula is C10H9N5O. The molecule has 0 aliphatic heterocycles. The van der Waals surface area contributed by atoms with E-state index in [0.29, 0.717) is 23.1 Å². The van der Waals surface area contributed by atoms with Gasteiger partial charge in [0.1, 0.15) is 0 Å². The van der Waals surface area contributed by atoms with E-state index in [2.05, 4.69) is 15.0 Å². The number of rotatable bonds is 2. The summed E-state index contributed by atoms with van der Waals surface area (Å²) in [5.74, 6) is 0. The summed E-state index contributed by atoms with van der Waals surface area (Å²) >= 11 is 0. The molecule has 0 fully saturated rings. The SMILES string of the molecule is CCn1cnc2cc(N=[N+]=[N-])ccc2c1=O. The van der Waals surface area contributed by atoms with E-state index in [4.69, 9.17) is 5.53 Å². The molecule has 1 heterocycles. The third-order valence-electron chi connectivity index (χ3n) is 2.31. The maximum atomic E-state index is 11.8. The second-order valence-corrected chi connectivity index (χ2v) is 3.23. The van der Waals surface area contributed by atoms with Crippen LogP contribution in [0.2, 0.25) is 0 Å². The van der Waals surface area contributed by atoms with Crippen molar-refractivity contribution in [2.75, 3.05) is 0 Å². The number of benzene rings is 1. The van der Waals surface area contributed by atoms with Crippen molar-refractivity contribution < 1.29 is 0 Å². The number of hydrogen-bond acceptors (Lipinski definition) is 3. The molecule has 6 nitrogen and oxygen atoms in total. The third-order valence-corrected chi connectivity index (χ3v) is 2.31. The Morgan fingerprint density at radius 1 is 1.56 bits per heavy atom. The van der Waals surface area contributed by atoms with Crippen LogP contribution in [0.4, 0.5) is 5.69 Å². The first-order valence-corrected chi connectivity index (χ1v) is 4.80. The van der Waals surface area contributed by atoms with Crippen molar-refractivity contribution in [2.24, 2.45) is 5.11 Å². The lowest BCUT2D eigenvalue weighted by molar-refractivity contribution is 0.717. The van der Waals surface area contributed by atoms with E-state index >= 15 is 0 Å². The first-order valence-electron chi connectivity index (χ1n) is 4.80. The van der Waals surface area contributed by atoms with E-state index in [9.17, 15) is 4.79 Å². The molecule has 80 valence electrons. The van der Waals surface area contributed by atoms with Crippen molar-refractivity contribution in [2.45, 2.75) is 13.5 Å². The number of fused-ring (bicyclic) bond motifs is 1. The Morgan fingerprint density at radius 2 is 2.38 bits per heavy atom. The average Bonchev–Trinajstić information content (AvgIpc) is 2.30. The molecule has 0 N–H and O–H groups in total. The van der Waals surface area contributed by atoms with Crippen molar-refractivity contribution in [1.82, 2.24) is 9.55 Å². The normalized spacial score (nSPS) is 10.1. The summed E-state index contributed by atoms with van der Waals surface area (Å²) in [4.78, 5) is 18.7. The second-order valence-electron chi connectivity index (χ2n) is 3.23. The summed E-state index contributed by atoms with van der Waals surface area (Å²) in [6.07, 6.45) is 1.49. The lowest BCUT2D eigenvalue weighted by Crippen LogP contribution is -2.19. The fraction of sp³-hybridized carbons (Fsp3) is 0.200. The smallest absolute Gasteiger partial charge is 0.261 e. The highest BCUT2D eigenvalue weighted by Crippen LogP contribution is 2.17. The van der Waals surface area contributed by atoms with E-state index in [1.807, 2.05) is 6.92 Å². The van der Waals surface area contributed by atoms with Crippen molar-refractivity contribution in [3.8, 4) is 0 Å². The maximum Gasteiger partial charge on any atom is 0.261 e. The Bertz CT molecular complexity index is 639. The van der Waals surface area contributed by atoms with Gasteiger partial charge in [0, 0.05) is 17.1 Å². The van der Waals surface area contributed by atoms with Crippen LogP contribution in [0, 0.1) is 0 Å². The molecule has 0 saturated carbocycles. The van der Waals surface area contributed by atoms with Gasteiger partial charge < -0.3 is 0 Å². The Kier molecular flexibility index (Phi) is 2.57. The zero-order chi connectivity index (χ0) is 11.5. The minimum Gasteiger partial charge on any atom is -0.299 e. The van der Waals surface area contributed by atoms with Crippen molar-refractivity contribution in [3.63, 3.8) is 0 Å². The molecule has 0 saturated heterocycles. The van der Waals surface area contributed by atoms with Crippen molar-refractivity contribution >= 4 is 16.6 Å². The summed E-state index contributed by atoms with van der Waals surface area (Å²) in [7, 11) is 0. The first-order chi connectivity index (χ1) is 7.76. The predicted octanol–water partition coefficient (Wildman–Crippen LogP) is 2.36. The molecule has 0 atom stereocenters. The van der Waals surface area contributed by atoms with Crippen LogP contribution in [0.3, 0.4) is 0 Å². The van der Waals surface area contributed by atoms with E-state index in [0.717, 1.165) is 0 Å². The van der Waals surface area contributed by atoms with Gasteiger partial charge in [0.25, 0.3) is 5.56 Å². The summed E-state index contributed by atoms with van der Waals surface area (Å²) in [5.41, 5.74) is 9.21. The minimum absolute atomic E-state index is 0.0833. The molecule has 1 aromatic carbocycles. The molecule has 0 aliphatic rings. The van der Waals surface area contributed by atoms with Crippen LogP contribution in [-0.2, 0) is 6.54 Å². The molecule has 2 rings (SSSR count). The van der Waals surface area contributed by atoms with Gasteiger partial charge >= 0.3 is 0 Å². The van der Waals surface area contributed by atoms with Gasteiger partial charge in [-0.2, -0.15) is 0 Å². The Morgan fingerprint density at radius 3 is 3.06 bits per heavy atom. The predicted molar refractivity (Wildman–Crippen MR) is 60.5 cm³/mol. The van der Waals surface area contributed by atoms with Gasteiger partial charge in [0.15, 0.2) is 0 Å². The van der Waals surface area contributed by atoms with E-state index in [-0.39, 0.29) is 5.56 Å². The fourth-order valence-electron chi connectivity index (χ4n) is 1.49. The van der Waals surface area contributed by atoms with E-state index in [1.165, 1.54) is 10.9 Å². The van der Waals surface area contributed by atoms with Crippen LogP contribution in [0.5, 0.6) is 0 Å². The molecule has 0 aliphatic carbocycles. The van der Waals surface area contributed by atoms with Gasteiger partial charge in [-0.1, -0.05) is 11.2 Å². The Labute approximate surface area is 90.8 Å². The molecule has 16 heavy (non-hydrogen) atoms. The lowest BCUT2D eigenvalue weighted by atomic mass is 10.2. The lowest BCUT2D eigenvalue weighted by Gasteiger charge is -2.03. The van der Waals surface area contributed by atoms with Crippen LogP contribution < -0.4 is 5.56 Å². The minimum atomic E-state index is -0.0833. The maximum absolute atomic E-state index is 11.8. The standard InChI is InChI=1S/C10H9N5O/c1-2-15-6-12-9-5-7(13-14-11)3-4-8(9)10(15)16/h3-6H,2H2,1H3. The molecule has 2 aromatic rings. The summed E-state index contributed by atoms with van der Waals surface area (Å²) in [6, 6.07) is 4.82. The Hall–Kier alpha value is -2.33. The van der Waals surface area contributed by atoms with Gasteiger partial charge in [0.2, 0.25) is 0 Å². The number of aromatic nitrogens is 2. The van der Waals surface area contributed by atoms with Gasteiger partial charge in [-0.05, 0) is 24.6 Å². The van der Waals surface area contributed by atoms with Crippen LogP contribution in [0.15, 0.2) is 34.4 Å². The van der Waals surface area contributed by atoms with Gasteiger partial charge in [-0.15, -0.1) is 0 Å². The zero-order valence-corrected chi connectivity index (χ0v) is 8.66. The molecule has 0 bridgehead atoms. The molecular weight excluding hydrogens is 206 g/mol. The van der Waals surface area contributed by atoms with E-state index < -0.39 is 0 Å². The Balaban J connectivity index is 2.74. The molecule has 6 heteroatoms. The van der Waals surface area contributed by atoms with Crippen LogP contribution in [0.1, 0.15) is 6.92 Å². The number of nitrogens with zero attached hydrogens (tertiary/aromatic N) is 5. The molecule has 0 radical (unpaired) electrons. The van der Waals surface area contributed by atoms with Gasteiger partial charge in [-0.25, -0.2) is 4.98 Å². The van der Waals surface area contributed by atoms with Crippen LogP contribution in [0.25, 0.3) is 21.3 Å². The van der Waals surface area contributed by atoms with Gasteiger partial charge in [-0.3, -0.25) is 9.36 Å². The van der Waals surface area contributed by atoms with Crippen LogP contribution >= 0.6 is 0 Å². The zero-order valence-electron chi connectivity index (χ0n) is 8.66. The molecule has 1 aromatic heterocycles. The molecule has 0 amide bonds. The van der Waals surface area contributed by atoms with E-state index in [1.54, 1.807) is 18.2 Å². The van der Waals surface area contributed by atoms with Crippen molar-refractivity contribution in [3.05, 3.63) is 45.3 Å². The quantitative estimate of drug-likeness (QED) is 0.437.